The fourth-order valence-corrected chi connectivity index (χ4v) is 4.40. The second-order valence-corrected chi connectivity index (χ2v) is 9.11. The van der Waals surface area contributed by atoms with Crippen LogP contribution in [0.2, 0.25) is 0 Å². The zero-order valence-corrected chi connectivity index (χ0v) is 20.6. The molecule has 0 spiro atoms. The van der Waals surface area contributed by atoms with Gasteiger partial charge in [-0.3, -0.25) is 30.6 Å². The first-order valence-corrected chi connectivity index (χ1v) is 12.4. The van der Waals surface area contributed by atoms with Crippen LogP contribution in [0.15, 0.2) is 72.8 Å². The number of fused-ring (bicyclic) bond motifs is 1. The summed E-state index contributed by atoms with van der Waals surface area (Å²) in [7, 11) is 0. The summed E-state index contributed by atoms with van der Waals surface area (Å²) in [5.41, 5.74) is 6.92. The van der Waals surface area contributed by atoms with Gasteiger partial charge in [-0.2, -0.15) is 0 Å². The normalized spacial score (nSPS) is 13.8. The van der Waals surface area contributed by atoms with E-state index in [1.165, 1.54) is 12.5 Å². The molecule has 0 saturated heterocycles. The van der Waals surface area contributed by atoms with Crippen LogP contribution in [-0.4, -0.2) is 22.8 Å². The van der Waals surface area contributed by atoms with E-state index in [1.54, 1.807) is 30.3 Å². The Morgan fingerprint density at radius 3 is 2.33 bits per heavy atom. The molecule has 0 radical (unpaired) electrons. The largest absolute Gasteiger partial charge is 0.326 e. The quantitative estimate of drug-likeness (QED) is 0.231. The number of amides is 3. The van der Waals surface area contributed by atoms with Crippen molar-refractivity contribution in [2.75, 3.05) is 5.32 Å². The minimum absolute atomic E-state index is 0.0316. The topological polar surface area (TPSA) is 99.3 Å². The van der Waals surface area contributed by atoms with Crippen molar-refractivity contribution in [3.8, 4) is 0 Å². The van der Waals surface area contributed by atoms with Gasteiger partial charge >= 0.3 is 0 Å². The van der Waals surface area contributed by atoms with E-state index in [9.17, 15) is 14.4 Å². The number of rotatable bonds is 5. The number of hydrazine groups is 1. The van der Waals surface area contributed by atoms with Gasteiger partial charge in [-0.15, -0.1) is 0 Å². The van der Waals surface area contributed by atoms with Crippen molar-refractivity contribution in [2.45, 2.75) is 32.1 Å². The Hall–Kier alpha value is -4.04. The van der Waals surface area contributed by atoms with Gasteiger partial charge in [0.2, 0.25) is 11.8 Å². The summed E-state index contributed by atoms with van der Waals surface area (Å²) in [5, 5.41) is 7.51. The Morgan fingerprint density at radius 1 is 0.833 bits per heavy atom. The number of hydrogen-bond donors (Lipinski definition) is 4. The van der Waals surface area contributed by atoms with Gasteiger partial charge in [0.25, 0.3) is 5.91 Å². The molecule has 7 nitrogen and oxygen atoms in total. The predicted octanol–water partition coefficient (Wildman–Crippen LogP) is 4.71. The standard InChI is InChI=1S/C28H28N4O3S/c33-25(18-15-20-11-6-10-19-7-4-5-12-24(19)20)30-28(36)32-31-27(35)22-13-16-23(17-14-22)29-26(34)21-8-2-1-3-9-21/h4-7,10-18,21H,1-3,8-9H2,(H,29,34)(H,31,35)(H2,30,32,33,36)/b18-15+. The average molecular weight is 501 g/mol. The van der Waals surface area contributed by atoms with Gasteiger partial charge < -0.3 is 5.32 Å². The third-order valence-corrected chi connectivity index (χ3v) is 6.36. The second kappa shape index (κ2) is 12.1. The van der Waals surface area contributed by atoms with Crippen molar-refractivity contribution in [1.29, 1.82) is 0 Å². The van der Waals surface area contributed by atoms with E-state index in [4.69, 9.17) is 12.2 Å². The van der Waals surface area contributed by atoms with E-state index in [0.29, 0.717) is 11.3 Å². The van der Waals surface area contributed by atoms with Gasteiger partial charge in [-0.1, -0.05) is 61.7 Å². The molecule has 3 aromatic carbocycles. The maximum absolute atomic E-state index is 12.4. The Balaban J connectivity index is 1.23. The molecule has 0 unspecified atom stereocenters. The van der Waals surface area contributed by atoms with Crippen molar-refractivity contribution in [2.24, 2.45) is 5.92 Å². The summed E-state index contributed by atoms with van der Waals surface area (Å²) in [6.07, 6.45) is 8.32. The maximum atomic E-state index is 12.4. The summed E-state index contributed by atoms with van der Waals surface area (Å²) in [4.78, 5) is 37.0. The van der Waals surface area contributed by atoms with E-state index in [1.807, 2.05) is 42.5 Å². The highest BCUT2D eigenvalue weighted by atomic mass is 32.1. The number of carbonyl (C=O) groups excluding carboxylic acids is 3. The van der Waals surface area contributed by atoms with Crippen LogP contribution in [0, 0.1) is 5.92 Å². The molecule has 1 fully saturated rings. The van der Waals surface area contributed by atoms with Crippen LogP contribution in [0.3, 0.4) is 0 Å². The van der Waals surface area contributed by atoms with Crippen molar-refractivity contribution in [3.05, 3.63) is 83.9 Å². The van der Waals surface area contributed by atoms with Gasteiger partial charge in [-0.25, -0.2) is 0 Å². The molecule has 0 aliphatic heterocycles. The minimum atomic E-state index is -0.428. The van der Waals surface area contributed by atoms with Crippen molar-refractivity contribution in [3.63, 3.8) is 0 Å². The van der Waals surface area contributed by atoms with E-state index in [0.717, 1.165) is 42.0 Å². The lowest BCUT2D eigenvalue weighted by molar-refractivity contribution is -0.120. The summed E-state index contributed by atoms with van der Waals surface area (Å²) >= 11 is 5.10. The zero-order valence-electron chi connectivity index (χ0n) is 19.8. The molecule has 0 atom stereocenters. The van der Waals surface area contributed by atoms with Gasteiger partial charge in [0, 0.05) is 23.2 Å². The molecular formula is C28H28N4O3S. The highest BCUT2D eigenvalue weighted by molar-refractivity contribution is 7.80. The van der Waals surface area contributed by atoms with E-state index >= 15 is 0 Å². The Kier molecular flexibility index (Phi) is 8.41. The van der Waals surface area contributed by atoms with Crippen LogP contribution in [0.4, 0.5) is 5.69 Å². The van der Waals surface area contributed by atoms with Gasteiger partial charge in [0.15, 0.2) is 5.11 Å². The molecular weight excluding hydrogens is 472 g/mol. The third-order valence-electron chi connectivity index (χ3n) is 6.15. The van der Waals surface area contributed by atoms with Crippen molar-refractivity contribution < 1.29 is 14.4 Å². The van der Waals surface area contributed by atoms with E-state index in [2.05, 4.69) is 21.5 Å². The number of anilines is 1. The molecule has 0 bridgehead atoms. The summed E-state index contributed by atoms with van der Waals surface area (Å²) in [6.45, 7) is 0. The van der Waals surface area contributed by atoms with Crippen LogP contribution >= 0.6 is 12.2 Å². The zero-order chi connectivity index (χ0) is 25.3. The van der Waals surface area contributed by atoms with Gasteiger partial charge in [0.1, 0.15) is 0 Å². The lowest BCUT2D eigenvalue weighted by Crippen LogP contribution is -2.48. The Labute approximate surface area is 215 Å². The number of hydrogen-bond acceptors (Lipinski definition) is 4. The molecule has 3 amide bonds. The first-order chi connectivity index (χ1) is 17.5. The van der Waals surface area contributed by atoms with Gasteiger partial charge in [0.05, 0.1) is 0 Å². The number of thiocarbonyl (C=S) groups is 1. The average Bonchev–Trinajstić information content (AvgIpc) is 2.91. The monoisotopic (exact) mass is 500 g/mol. The first kappa shape index (κ1) is 25.1. The summed E-state index contributed by atoms with van der Waals surface area (Å²) < 4.78 is 0. The molecule has 36 heavy (non-hydrogen) atoms. The smallest absolute Gasteiger partial charge is 0.269 e. The predicted molar refractivity (Wildman–Crippen MR) is 146 cm³/mol. The molecule has 1 saturated carbocycles. The Morgan fingerprint density at radius 2 is 1.56 bits per heavy atom. The van der Waals surface area contributed by atoms with Crippen LogP contribution in [0.5, 0.6) is 0 Å². The van der Waals surface area contributed by atoms with Crippen LogP contribution in [0.1, 0.15) is 48.0 Å². The Bertz CT molecular complexity index is 1290. The first-order valence-electron chi connectivity index (χ1n) is 12.0. The second-order valence-electron chi connectivity index (χ2n) is 8.70. The molecule has 1 aliphatic rings. The fourth-order valence-electron chi connectivity index (χ4n) is 4.25. The molecule has 0 aromatic heterocycles. The summed E-state index contributed by atoms with van der Waals surface area (Å²) in [6, 6.07) is 20.4. The molecule has 184 valence electrons. The minimum Gasteiger partial charge on any atom is -0.326 e. The molecule has 1 aliphatic carbocycles. The number of nitrogens with one attached hydrogen (secondary N) is 4. The molecule has 3 aromatic rings. The van der Waals surface area contributed by atoms with Crippen LogP contribution in [-0.2, 0) is 9.59 Å². The van der Waals surface area contributed by atoms with Crippen molar-refractivity contribution >= 4 is 57.6 Å². The van der Waals surface area contributed by atoms with Crippen LogP contribution in [0.25, 0.3) is 16.8 Å². The molecule has 8 heteroatoms. The van der Waals surface area contributed by atoms with Crippen molar-refractivity contribution in [1.82, 2.24) is 16.2 Å². The highest BCUT2D eigenvalue weighted by Crippen LogP contribution is 2.25. The fraction of sp³-hybridized carbons (Fsp3) is 0.214. The van der Waals surface area contributed by atoms with Gasteiger partial charge in [-0.05, 0) is 71.7 Å². The molecule has 4 N–H and O–H groups in total. The van der Waals surface area contributed by atoms with E-state index < -0.39 is 11.8 Å². The number of carbonyl (C=O) groups is 3. The maximum Gasteiger partial charge on any atom is 0.269 e. The molecule has 4 rings (SSSR count). The number of benzene rings is 3. The lowest BCUT2D eigenvalue weighted by Gasteiger charge is -2.20. The summed E-state index contributed by atoms with van der Waals surface area (Å²) in [5.74, 6) is -0.760. The third kappa shape index (κ3) is 6.76. The lowest BCUT2D eigenvalue weighted by atomic mass is 9.88. The molecule has 0 heterocycles. The highest BCUT2D eigenvalue weighted by Gasteiger charge is 2.21. The van der Waals surface area contributed by atoms with Crippen LogP contribution < -0.4 is 21.5 Å². The van der Waals surface area contributed by atoms with E-state index in [-0.39, 0.29) is 16.9 Å². The SMILES string of the molecule is O=C(/C=C/c1cccc2ccccc12)NC(=S)NNC(=O)c1ccc(NC(=O)C2CCCCC2)cc1.